The van der Waals surface area contributed by atoms with Gasteiger partial charge in [-0.25, -0.2) is 0 Å². The summed E-state index contributed by atoms with van der Waals surface area (Å²) < 4.78 is 34.6. The molecule has 5 aromatic rings. The third kappa shape index (κ3) is 15.9. The maximum atomic E-state index is 5.73. The van der Waals surface area contributed by atoms with Gasteiger partial charge < -0.3 is 14.2 Å². The fourth-order valence-corrected chi connectivity index (χ4v) is 6.26. The van der Waals surface area contributed by atoms with Crippen molar-refractivity contribution in [3.05, 3.63) is 140 Å². The summed E-state index contributed by atoms with van der Waals surface area (Å²) in [5, 5.41) is 1.10. The number of rotatable bonds is 21. The molecule has 0 saturated carbocycles. The van der Waals surface area contributed by atoms with E-state index in [1.807, 2.05) is 67.6 Å². The van der Waals surface area contributed by atoms with E-state index in [-0.39, 0.29) is 0 Å². The molecule has 0 aliphatic carbocycles. The van der Waals surface area contributed by atoms with Gasteiger partial charge in [0.1, 0.15) is 12.4 Å². The SMILES string of the molecule is CCOCCOCCOc1ccc(-c2ccccc2)cc1.c1ccc([Se]CCOCCOCCOc2ccc(-c3ccccc3)cc2)cc1. The summed E-state index contributed by atoms with van der Waals surface area (Å²) in [5.41, 5.74) is 4.80. The van der Waals surface area contributed by atoms with Gasteiger partial charge in [-0.05, 0) is 41.3 Å². The zero-order chi connectivity index (χ0) is 34.0. The molecular formula is C42H48O6Se. The molecule has 0 heterocycles. The van der Waals surface area contributed by atoms with Gasteiger partial charge >= 0.3 is 132 Å². The van der Waals surface area contributed by atoms with E-state index in [1.54, 1.807) is 0 Å². The van der Waals surface area contributed by atoms with E-state index >= 15 is 0 Å². The van der Waals surface area contributed by atoms with Gasteiger partial charge in [-0.15, -0.1) is 0 Å². The number of hydrogen-bond acceptors (Lipinski definition) is 6. The molecule has 0 aromatic heterocycles. The van der Waals surface area contributed by atoms with Gasteiger partial charge in [0.25, 0.3) is 0 Å². The molecule has 0 unspecified atom stereocenters. The molecule has 0 aliphatic rings. The molecular weight excluding hydrogens is 679 g/mol. The molecule has 0 amide bonds. The molecule has 6 nitrogen and oxygen atoms in total. The minimum atomic E-state index is 0.492. The Kier molecular flexibility index (Phi) is 18.7. The second-order valence-corrected chi connectivity index (χ2v) is 13.1. The maximum absolute atomic E-state index is 5.73. The van der Waals surface area contributed by atoms with Gasteiger partial charge in [-0.3, -0.25) is 0 Å². The molecule has 0 saturated heterocycles. The Hall–Kier alpha value is -3.94. The zero-order valence-electron chi connectivity index (χ0n) is 28.4. The van der Waals surface area contributed by atoms with Gasteiger partial charge in [0.2, 0.25) is 0 Å². The summed E-state index contributed by atoms with van der Waals surface area (Å²) >= 11 is 0.492. The fraction of sp³-hybridized carbons (Fsp3) is 0.286. The summed E-state index contributed by atoms with van der Waals surface area (Å²) in [4.78, 5) is 0. The van der Waals surface area contributed by atoms with Crippen molar-refractivity contribution >= 4 is 19.4 Å². The zero-order valence-corrected chi connectivity index (χ0v) is 30.1. The second kappa shape index (κ2) is 24.2. The van der Waals surface area contributed by atoms with Gasteiger partial charge in [0.05, 0.1) is 19.8 Å². The van der Waals surface area contributed by atoms with Crippen molar-refractivity contribution in [1.82, 2.24) is 0 Å². The van der Waals surface area contributed by atoms with Crippen LogP contribution in [0.2, 0.25) is 5.32 Å². The first kappa shape index (κ1) is 37.9. The monoisotopic (exact) mass is 728 g/mol. The van der Waals surface area contributed by atoms with E-state index in [0.717, 1.165) is 30.0 Å². The quantitative estimate of drug-likeness (QED) is 0.0565. The average Bonchev–Trinajstić information content (AvgIpc) is 3.17. The molecule has 0 spiro atoms. The minimum absolute atomic E-state index is 0.492. The third-order valence-corrected chi connectivity index (χ3v) is 9.15. The Morgan fingerprint density at radius 2 is 0.735 bits per heavy atom. The summed E-state index contributed by atoms with van der Waals surface area (Å²) in [6.07, 6.45) is 0. The summed E-state index contributed by atoms with van der Waals surface area (Å²) in [6, 6.07) is 47.5. The molecule has 0 N–H and O–H groups in total. The molecule has 5 aromatic carbocycles. The predicted octanol–water partition coefficient (Wildman–Crippen LogP) is 8.00. The van der Waals surface area contributed by atoms with Crippen molar-refractivity contribution in [2.24, 2.45) is 0 Å². The van der Waals surface area contributed by atoms with Crippen LogP contribution in [0.25, 0.3) is 22.3 Å². The van der Waals surface area contributed by atoms with Crippen LogP contribution in [0.15, 0.2) is 140 Å². The predicted molar refractivity (Wildman–Crippen MR) is 200 cm³/mol. The molecule has 0 aliphatic heterocycles. The van der Waals surface area contributed by atoms with Crippen molar-refractivity contribution in [2.45, 2.75) is 12.2 Å². The Labute approximate surface area is 298 Å². The number of benzene rings is 5. The van der Waals surface area contributed by atoms with Gasteiger partial charge in [-0.1, -0.05) is 72.8 Å². The van der Waals surface area contributed by atoms with Crippen LogP contribution in [0, 0.1) is 0 Å². The average molecular weight is 728 g/mol. The molecule has 49 heavy (non-hydrogen) atoms. The summed E-state index contributed by atoms with van der Waals surface area (Å²) in [7, 11) is 0. The van der Waals surface area contributed by atoms with Crippen LogP contribution in [0.4, 0.5) is 0 Å². The van der Waals surface area contributed by atoms with Crippen molar-refractivity contribution in [2.75, 3.05) is 66.1 Å². The van der Waals surface area contributed by atoms with Crippen LogP contribution in [0.3, 0.4) is 0 Å². The van der Waals surface area contributed by atoms with Crippen LogP contribution in [0.1, 0.15) is 6.92 Å². The van der Waals surface area contributed by atoms with Gasteiger partial charge in [0.15, 0.2) is 0 Å². The van der Waals surface area contributed by atoms with Gasteiger partial charge in [0, 0.05) is 6.61 Å². The van der Waals surface area contributed by atoms with Crippen molar-refractivity contribution in [3.8, 4) is 33.8 Å². The van der Waals surface area contributed by atoms with E-state index < -0.39 is 0 Å². The Bertz CT molecular complexity index is 1500. The second-order valence-electron chi connectivity index (χ2n) is 10.7. The van der Waals surface area contributed by atoms with Crippen molar-refractivity contribution in [1.29, 1.82) is 0 Å². The van der Waals surface area contributed by atoms with Crippen LogP contribution in [0.5, 0.6) is 11.5 Å². The molecule has 0 fully saturated rings. The molecule has 258 valence electrons. The molecule has 0 radical (unpaired) electrons. The van der Waals surface area contributed by atoms with Crippen LogP contribution < -0.4 is 13.9 Å². The van der Waals surface area contributed by atoms with E-state index in [1.165, 1.54) is 26.7 Å². The van der Waals surface area contributed by atoms with Crippen molar-refractivity contribution in [3.63, 3.8) is 0 Å². The van der Waals surface area contributed by atoms with Crippen LogP contribution in [-0.4, -0.2) is 81.0 Å². The fourth-order valence-electron chi connectivity index (χ4n) is 4.61. The number of ether oxygens (including phenoxy) is 6. The Balaban J connectivity index is 0.000000230. The molecule has 5 rings (SSSR count). The van der Waals surface area contributed by atoms with Crippen molar-refractivity contribution < 1.29 is 28.4 Å². The third-order valence-electron chi connectivity index (χ3n) is 7.10. The van der Waals surface area contributed by atoms with Gasteiger partial charge in [-0.2, -0.15) is 0 Å². The topological polar surface area (TPSA) is 55.4 Å². The van der Waals surface area contributed by atoms with Crippen LogP contribution >= 0.6 is 0 Å². The van der Waals surface area contributed by atoms with E-state index in [0.29, 0.717) is 67.8 Å². The van der Waals surface area contributed by atoms with Crippen LogP contribution in [-0.2, 0) is 18.9 Å². The Morgan fingerprint density at radius 1 is 0.367 bits per heavy atom. The number of hydrogen-bond donors (Lipinski definition) is 0. The Morgan fingerprint density at radius 3 is 1.18 bits per heavy atom. The molecule has 0 atom stereocenters. The van der Waals surface area contributed by atoms with E-state index in [9.17, 15) is 0 Å². The standard InChI is InChI=1S/C24H26O3Se.C18H22O3/c1-3-7-21(8-4-1)22-11-13-23(14-12-22)27-18-17-25-15-16-26-19-20-28-24-9-5-2-6-10-24;1-2-19-12-13-20-14-15-21-18-10-8-17(9-11-18)16-6-4-3-5-7-16/h1-14H,15-20H2;3-11H,2,12-15H2,1H3. The van der Waals surface area contributed by atoms with E-state index in [4.69, 9.17) is 28.4 Å². The summed E-state index contributed by atoms with van der Waals surface area (Å²) in [6.45, 7) is 8.24. The molecule has 0 bridgehead atoms. The first-order valence-corrected chi connectivity index (χ1v) is 18.9. The first-order chi connectivity index (χ1) is 24.3. The first-order valence-electron chi connectivity index (χ1n) is 16.9. The summed E-state index contributed by atoms with van der Waals surface area (Å²) in [5.74, 6) is 1.73. The normalized spacial score (nSPS) is 10.6. The van der Waals surface area contributed by atoms with E-state index in [2.05, 4.69) is 78.9 Å². The molecule has 7 heteroatoms.